The minimum Gasteiger partial charge on any atom is -0.350 e. The molecule has 0 aliphatic carbocycles. The zero-order chi connectivity index (χ0) is 20.9. The largest absolute Gasteiger partial charge is 0.350 e. The van der Waals surface area contributed by atoms with E-state index in [1.54, 1.807) is 54.6 Å². The van der Waals surface area contributed by atoms with E-state index < -0.39 is 28.3 Å². The van der Waals surface area contributed by atoms with Gasteiger partial charge in [-0.05, 0) is 54.1 Å². The maximum Gasteiger partial charge on any atom is 0.264 e. The van der Waals surface area contributed by atoms with Crippen molar-refractivity contribution in [2.45, 2.75) is 11.4 Å². The topological polar surface area (TPSA) is 66.5 Å². The molecule has 0 radical (unpaired) electrons. The van der Waals surface area contributed by atoms with Crippen molar-refractivity contribution >= 4 is 33.2 Å². The molecule has 1 N–H and O–H groups in total. The average molecular weight is 433 g/mol. The molecule has 3 rings (SSSR count). The molecular formula is C21H18ClFN2O3S. The van der Waals surface area contributed by atoms with Crippen LogP contribution in [0.4, 0.5) is 10.1 Å². The number of sulfonamides is 1. The molecule has 0 fully saturated rings. The summed E-state index contributed by atoms with van der Waals surface area (Å²) in [6, 6.07) is 19.7. The lowest BCUT2D eigenvalue weighted by molar-refractivity contribution is -0.119. The van der Waals surface area contributed by atoms with E-state index in [-0.39, 0.29) is 11.4 Å². The summed E-state index contributed by atoms with van der Waals surface area (Å²) in [4.78, 5) is 12.4. The van der Waals surface area contributed by atoms with Gasteiger partial charge in [-0.2, -0.15) is 0 Å². The van der Waals surface area contributed by atoms with Crippen LogP contribution in [0.25, 0.3) is 0 Å². The molecule has 5 nitrogen and oxygen atoms in total. The van der Waals surface area contributed by atoms with Crippen LogP contribution in [0, 0.1) is 5.82 Å². The number of carbonyl (C=O) groups is 1. The molecule has 0 aliphatic heterocycles. The molecule has 0 aliphatic rings. The van der Waals surface area contributed by atoms with Crippen LogP contribution in [-0.2, 0) is 21.4 Å². The number of anilines is 1. The number of nitrogens with zero attached hydrogens (tertiary/aromatic N) is 1. The fraction of sp³-hybridized carbons (Fsp3) is 0.0952. The van der Waals surface area contributed by atoms with Gasteiger partial charge in [0.05, 0.1) is 10.6 Å². The van der Waals surface area contributed by atoms with Gasteiger partial charge in [0.2, 0.25) is 5.91 Å². The summed E-state index contributed by atoms with van der Waals surface area (Å²) < 4.78 is 40.4. The van der Waals surface area contributed by atoms with E-state index in [1.165, 1.54) is 12.1 Å². The van der Waals surface area contributed by atoms with E-state index in [1.807, 2.05) is 0 Å². The number of hydrogen-bond acceptors (Lipinski definition) is 3. The van der Waals surface area contributed by atoms with Crippen LogP contribution >= 0.6 is 11.6 Å². The molecule has 0 bridgehead atoms. The molecule has 8 heteroatoms. The Labute approximate surface area is 173 Å². The molecule has 0 aromatic heterocycles. The third kappa shape index (κ3) is 5.34. The van der Waals surface area contributed by atoms with E-state index in [0.29, 0.717) is 10.7 Å². The highest BCUT2D eigenvalue weighted by atomic mass is 35.5. The number of halogens is 2. The van der Waals surface area contributed by atoms with Crippen molar-refractivity contribution in [2.75, 3.05) is 10.8 Å². The second kappa shape index (κ2) is 9.07. The van der Waals surface area contributed by atoms with Crippen LogP contribution in [0.3, 0.4) is 0 Å². The van der Waals surface area contributed by atoms with Gasteiger partial charge in [-0.25, -0.2) is 12.8 Å². The SMILES string of the molecule is O=C(CN(c1ccccc1)S(=O)(=O)c1ccc(F)cc1)NCc1cccc(Cl)c1. The highest BCUT2D eigenvalue weighted by Gasteiger charge is 2.27. The van der Waals surface area contributed by atoms with Crippen molar-refractivity contribution in [1.29, 1.82) is 0 Å². The number of carbonyl (C=O) groups excluding carboxylic acids is 1. The Morgan fingerprint density at radius 2 is 1.66 bits per heavy atom. The first-order valence-corrected chi connectivity index (χ1v) is 10.5. The van der Waals surface area contributed by atoms with E-state index in [2.05, 4.69) is 5.32 Å². The van der Waals surface area contributed by atoms with Gasteiger partial charge in [-0.15, -0.1) is 0 Å². The highest BCUT2D eigenvalue weighted by molar-refractivity contribution is 7.92. The Bertz CT molecular complexity index is 1090. The van der Waals surface area contributed by atoms with Crippen molar-refractivity contribution in [3.8, 4) is 0 Å². The Morgan fingerprint density at radius 3 is 2.31 bits per heavy atom. The summed E-state index contributed by atoms with van der Waals surface area (Å²) in [5.74, 6) is -1.03. The number of rotatable bonds is 7. The maximum absolute atomic E-state index is 13.2. The standard InChI is InChI=1S/C21H18ClFN2O3S/c22-17-6-4-5-16(13-17)14-24-21(26)15-25(19-7-2-1-3-8-19)29(27,28)20-11-9-18(23)10-12-20/h1-13H,14-15H2,(H,24,26). The second-order valence-corrected chi connectivity index (χ2v) is 8.51. The quantitative estimate of drug-likeness (QED) is 0.613. The first kappa shape index (κ1) is 20.8. The lowest BCUT2D eigenvalue weighted by atomic mass is 10.2. The molecule has 1 amide bonds. The second-order valence-electron chi connectivity index (χ2n) is 6.21. The maximum atomic E-state index is 13.2. The zero-order valence-electron chi connectivity index (χ0n) is 15.3. The molecule has 0 atom stereocenters. The zero-order valence-corrected chi connectivity index (χ0v) is 16.8. The summed E-state index contributed by atoms with van der Waals surface area (Å²) in [5.41, 5.74) is 1.12. The molecule has 0 saturated carbocycles. The van der Waals surface area contributed by atoms with Crippen LogP contribution in [0.2, 0.25) is 5.02 Å². The summed E-state index contributed by atoms with van der Waals surface area (Å²) in [6.45, 7) is -0.219. The van der Waals surface area contributed by atoms with Crippen LogP contribution < -0.4 is 9.62 Å². The number of hydrogen-bond donors (Lipinski definition) is 1. The third-order valence-corrected chi connectivity index (χ3v) is 6.13. The fourth-order valence-electron chi connectivity index (χ4n) is 2.68. The van der Waals surface area contributed by atoms with E-state index in [4.69, 9.17) is 11.6 Å². The van der Waals surface area contributed by atoms with Crippen molar-refractivity contribution in [3.63, 3.8) is 0 Å². The molecule has 29 heavy (non-hydrogen) atoms. The van der Waals surface area contributed by atoms with E-state index in [0.717, 1.165) is 22.0 Å². The van der Waals surface area contributed by atoms with Gasteiger partial charge in [-0.1, -0.05) is 41.9 Å². The Kier molecular flexibility index (Phi) is 6.51. The molecule has 0 unspecified atom stereocenters. The summed E-state index contributed by atoms with van der Waals surface area (Å²) in [7, 11) is -4.07. The summed E-state index contributed by atoms with van der Waals surface area (Å²) >= 11 is 5.94. The Hall–Kier alpha value is -2.90. The predicted molar refractivity (Wildman–Crippen MR) is 111 cm³/mol. The lowest BCUT2D eigenvalue weighted by Gasteiger charge is -2.24. The van der Waals surface area contributed by atoms with Crippen LogP contribution in [0.5, 0.6) is 0 Å². The molecule has 0 saturated heterocycles. The molecule has 3 aromatic carbocycles. The van der Waals surface area contributed by atoms with Gasteiger partial charge in [0, 0.05) is 11.6 Å². The molecule has 0 heterocycles. The lowest BCUT2D eigenvalue weighted by Crippen LogP contribution is -2.40. The number of para-hydroxylation sites is 1. The first-order chi connectivity index (χ1) is 13.9. The number of nitrogens with one attached hydrogen (secondary N) is 1. The molecular weight excluding hydrogens is 415 g/mol. The van der Waals surface area contributed by atoms with Crippen molar-refractivity contribution in [2.24, 2.45) is 0 Å². The van der Waals surface area contributed by atoms with E-state index >= 15 is 0 Å². The van der Waals surface area contributed by atoms with Crippen molar-refractivity contribution in [1.82, 2.24) is 5.32 Å². The van der Waals surface area contributed by atoms with Gasteiger partial charge in [0.25, 0.3) is 10.0 Å². The van der Waals surface area contributed by atoms with E-state index in [9.17, 15) is 17.6 Å². The minimum absolute atomic E-state index is 0.106. The fourth-order valence-corrected chi connectivity index (χ4v) is 4.31. The summed E-state index contributed by atoms with van der Waals surface area (Å²) in [6.07, 6.45) is 0. The van der Waals surface area contributed by atoms with Crippen LogP contribution in [-0.4, -0.2) is 20.9 Å². The Balaban J connectivity index is 1.82. The average Bonchev–Trinajstić information content (AvgIpc) is 2.71. The van der Waals surface area contributed by atoms with Gasteiger partial charge < -0.3 is 5.32 Å². The monoisotopic (exact) mass is 432 g/mol. The van der Waals surface area contributed by atoms with Crippen molar-refractivity contribution in [3.05, 3.63) is 95.3 Å². The minimum atomic E-state index is -4.07. The van der Waals surface area contributed by atoms with Crippen LogP contribution in [0.1, 0.15) is 5.56 Å². The first-order valence-electron chi connectivity index (χ1n) is 8.71. The molecule has 0 spiro atoms. The Morgan fingerprint density at radius 1 is 0.966 bits per heavy atom. The van der Waals surface area contributed by atoms with Crippen LogP contribution in [0.15, 0.2) is 83.8 Å². The smallest absolute Gasteiger partial charge is 0.264 e. The van der Waals surface area contributed by atoms with Gasteiger partial charge in [0.1, 0.15) is 12.4 Å². The van der Waals surface area contributed by atoms with Gasteiger partial charge in [0.15, 0.2) is 0 Å². The third-order valence-electron chi connectivity index (χ3n) is 4.11. The highest BCUT2D eigenvalue weighted by Crippen LogP contribution is 2.23. The number of amides is 1. The summed E-state index contributed by atoms with van der Waals surface area (Å²) in [5, 5.41) is 3.24. The number of benzene rings is 3. The molecule has 150 valence electrons. The normalized spacial score (nSPS) is 11.1. The predicted octanol–water partition coefficient (Wildman–Crippen LogP) is 3.99. The van der Waals surface area contributed by atoms with Gasteiger partial charge >= 0.3 is 0 Å². The molecule has 3 aromatic rings. The van der Waals surface area contributed by atoms with Gasteiger partial charge in [-0.3, -0.25) is 9.10 Å². The van der Waals surface area contributed by atoms with Crippen molar-refractivity contribution < 1.29 is 17.6 Å².